The summed E-state index contributed by atoms with van der Waals surface area (Å²) >= 11 is 0. The van der Waals surface area contributed by atoms with Crippen molar-refractivity contribution in [2.24, 2.45) is 5.92 Å². The van der Waals surface area contributed by atoms with Gasteiger partial charge in [-0.15, -0.1) is 0 Å². The largest absolute Gasteiger partial charge is 0.480 e. The van der Waals surface area contributed by atoms with E-state index in [0.29, 0.717) is 6.04 Å². The monoisotopic (exact) mass is 297 g/mol. The number of nitrogens with one attached hydrogen (secondary N) is 1. The third kappa shape index (κ3) is 3.96. The highest BCUT2D eigenvalue weighted by Crippen LogP contribution is 2.34. The second-order valence-electron chi connectivity index (χ2n) is 7.04. The molecule has 1 aliphatic carbocycles. The van der Waals surface area contributed by atoms with Crippen molar-refractivity contribution in [3.63, 3.8) is 0 Å². The number of likely N-dealkylation sites (N-methyl/N-ethyl adjacent to an activating group) is 1. The van der Waals surface area contributed by atoms with Crippen LogP contribution in [0.2, 0.25) is 0 Å². The molecule has 5 nitrogen and oxygen atoms in total. The molecule has 0 radical (unpaired) electrons. The first-order chi connectivity index (χ1) is 9.97. The fourth-order valence-corrected chi connectivity index (χ4v) is 3.93. The summed E-state index contributed by atoms with van der Waals surface area (Å²) in [5, 5.41) is 12.8. The molecule has 2 rings (SSSR count). The van der Waals surface area contributed by atoms with Gasteiger partial charge < -0.3 is 15.3 Å². The molecular formula is C16H31N3O2. The predicted octanol–water partition coefficient (Wildman–Crippen LogP) is 1.25. The minimum atomic E-state index is -0.686. The van der Waals surface area contributed by atoms with Gasteiger partial charge in [-0.05, 0) is 31.7 Å². The number of hydrogen-bond donors (Lipinski definition) is 2. The van der Waals surface area contributed by atoms with Crippen LogP contribution < -0.4 is 5.32 Å². The summed E-state index contributed by atoms with van der Waals surface area (Å²) in [5.74, 6) is 0.0433. The molecule has 21 heavy (non-hydrogen) atoms. The fraction of sp³-hybridized carbons (Fsp3) is 0.938. The van der Waals surface area contributed by atoms with Crippen LogP contribution in [0.15, 0.2) is 0 Å². The van der Waals surface area contributed by atoms with Gasteiger partial charge in [0.05, 0.1) is 0 Å². The van der Waals surface area contributed by atoms with Gasteiger partial charge >= 0.3 is 5.97 Å². The molecule has 0 aromatic carbocycles. The number of piperazine rings is 1. The van der Waals surface area contributed by atoms with Gasteiger partial charge in [0, 0.05) is 38.8 Å². The molecule has 2 atom stereocenters. The SMILES string of the molecule is CCNC1(C(=O)O)CCC(N2CCN(CC(C)C)CC2)C1. The number of carboxylic acids is 1. The summed E-state index contributed by atoms with van der Waals surface area (Å²) in [5.41, 5.74) is -0.686. The number of hydrogen-bond acceptors (Lipinski definition) is 4. The third-order valence-corrected chi connectivity index (χ3v) is 4.96. The van der Waals surface area contributed by atoms with Crippen molar-refractivity contribution >= 4 is 5.97 Å². The molecule has 2 N–H and O–H groups in total. The van der Waals surface area contributed by atoms with Crippen molar-refractivity contribution in [3.8, 4) is 0 Å². The number of carboxylic acid groups (broad SMARTS) is 1. The van der Waals surface area contributed by atoms with Gasteiger partial charge in [0.25, 0.3) is 0 Å². The quantitative estimate of drug-likeness (QED) is 0.773. The second kappa shape index (κ2) is 7.07. The average Bonchev–Trinajstić information content (AvgIpc) is 2.85. The molecule has 1 aliphatic heterocycles. The van der Waals surface area contributed by atoms with E-state index in [0.717, 1.165) is 57.9 Å². The Hall–Kier alpha value is -0.650. The highest BCUT2D eigenvalue weighted by molar-refractivity contribution is 5.79. The van der Waals surface area contributed by atoms with E-state index in [1.807, 2.05) is 6.92 Å². The summed E-state index contributed by atoms with van der Waals surface area (Å²) in [4.78, 5) is 16.7. The van der Waals surface area contributed by atoms with Crippen molar-refractivity contribution in [1.29, 1.82) is 0 Å². The Labute approximate surface area is 128 Å². The first-order valence-corrected chi connectivity index (χ1v) is 8.41. The number of nitrogens with zero attached hydrogens (tertiary/aromatic N) is 2. The second-order valence-corrected chi connectivity index (χ2v) is 7.04. The lowest BCUT2D eigenvalue weighted by Crippen LogP contribution is -2.53. The maximum absolute atomic E-state index is 11.6. The maximum Gasteiger partial charge on any atom is 0.323 e. The molecule has 0 aromatic heterocycles. The van der Waals surface area contributed by atoms with Crippen LogP contribution in [0.5, 0.6) is 0 Å². The molecule has 2 unspecified atom stereocenters. The van der Waals surface area contributed by atoms with Gasteiger partial charge in [-0.25, -0.2) is 0 Å². The Morgan fingerprint density at radius 2 is 2.00 bits per heavy atom. The lowest BCUT2D eigenvalue weighted by Gasteiger charge is -2.39. The highest BCUT2D eigenvalue weighted by Gasteiger charge is 2.46. The summed E-state index contributed by atoms with van der Waals surface area (Å²) in [7, 11) is 0. The summed E-state index contributed by atoms with van der Waals surface area (Å²) < 4.78 is 0. The molecular weight excluding hydrogens is 266 g/mol. The van der Waals surface area contributed by atoms with Crippen molar-refractivity contribution < 1.29 is 9.90 Å². The average molecular weight is 297 g/mol. The predicted molar refractivity (Wildman–Crippen MR) is 84.5 cm³/mol. The normalized spacial score (nSPS) is 31.9. The molecule has 1 heterocycles. The van der Waals surface area contributed by atoms with Crippen molar-refractivity contribution in [3.05, 3.63) is 0 Å². The van der Waals surface area contributed by atoms with E-state index in [1.54, 1.807) is 0 Å². The van der Waals surface area contributed by atoms with Gasteiger partial charge in [0.15, 0.2) is 0 Å². The van der Waals surface area contributed by atoms with E-state index in [2.05, 4.69) is 29.0 Å². The van der Waals surface area contributed by atoms with Gasteiger partial charge in [0.1, 0.15) is 5.54 Å². The Morgan fingerprint density at radius 1 is 1.33 bits per heavy atom. The summed E-state index contributed by atoms with van der Waals surface area (Å²) in [6.07, 6.45) is 2.51. The zero-order valence-corrected chi connectivity index (χ0v) is 13.8. The Kier molecular flexibility index (Phi) is 5.63. The molecule has 0 spiro atoms. The minimum absolute atomic E-state index is 0.432. The molecule has 122 valence electrons. The van der Waals surface area contributed by atoms with Crippen molar-refractivity contribution in [2.45, 2.75) is 51.6 Å². The van der Waals surface area contributed by atoms with E-state index < -0.39 is 11.5 Å². The Bertz CT molecular complexity index is 353. The van der Waals surface area contributed by atoms with Crippen LogP contribution in [-0.2, 0) is 4.79 Å². The Balaban J connectivity index is 1.86. The van der Waals surface area contributed by atoms with Crippen LogP contribution in [0, 0.1) is 5.92 Å². The number of aliphatic carboxylic acids is 1. The molecule has 0 amide bonds. The van der Waals surface area contributed by atoms with E-state index >= 15 is 0 Å². The van der Waals surface area contributed by atoms with E-state index in [1.165, 1.54) is 6.54 Å². The molecule has 5 heteroatoms. The van der Waals surface area contributed by atoms with E-state index in [4.69, 9.17) is 0 Å². The van der Waals surface area contributed by atoms with E-state index in [9.17, 15) is 9.90 Å². The van der Waals surface area contributed by atoms with Crippen LogP contribution in [0.4, 0.5) is 0 Å². The lowest BCUT2D eigenvalue weighted by atomic mass is 9.97. The van der Waals surface area contributed by atoms with Gasteiger partial charge in [-0.3, -0.25) is 9.69 Å². The molecule has 1 saturated heterocycles. The van der Waals surface area contributed by atoms with Gasteiger partial charge in [-0.1, -0.05) is 20.8 Å². The van der Waals surface area contributed by atoms with Gasteiger partial charge in [0.2, 0.25) is 0 Å². The smallest absolute Gasteiger partial charge is 0.323 e. The summed E-state index contributed by atoms with van der Waals surface area (Å²) in [6.45, 7) is 12.8. The summed E-state index contributed by atoms with van der Waals surface area (Å²) in [6, 6.07) is 0.432. The van der Waals surface area contributed by atoms with Crippen LogP contribution in [0.1, 0.15) is 40.0 Å². The van der Waals surface area contributed by atoms with Crippen LogP contribution in [0.3, 0.4) is 0 Å². The van der Waals surface area contributed by atoms with E-state index in [-0.39, 0.29) is 0 Å². The fourth-order valence-electron chi connectivity index (χ4n) is 3.93. The zero-order chi connectivity index (χ0) is 15.5. The lowest BCUT2D eigenvalue weighted by molar-refractivity contribution is -0.144. The number of rotatable bonds is 6. The molecule has 0 aromatic rings. The third-order valence-electron chi connectivity index (χ3n) is 4.96. The van der Waals surface area contributed by atoms with Crippen LogP contribution in [0.25, 0.3) is 0 Å². The van der Waals surface area contributed by atoms with Crippen LogP contribution >= 0.6 is 0 Å². The van der Waals surface area contributed by atoms with Crippen LogP contribution in [-0.4, -0.2) is 71.7 Å². The molecule has 2 aliphatic rings. The zero-order valence-electron chi connectivity index (χ0n) is 13.8. The molecule has 2 fully saturated rings. The minimum Gasteiger partial charge on any atom is -0.480 e. The first-order valence-electron chi connectivity index (χ1n) is 8.41. The van der Waals surface area contributed by atoms with Gasteiger partial charge in [-0.2, -0.15) is 0 Å². The Morgan fingerprint density at radius 3 is 2.52 bits per heavy atom. The van der Waals surface area contributed by atoms with Crippen molar-refractivity contribution in [1.82, 2.24) is 15.1 Å². The molecule has 0 bridgehead atoms. The van der Waals surface area contributed by atoms with Crippen molar-refractivity contribution in [2.75, 3.05) is 39.3 Å². The first kappa shape index (κ1) is 16.7. The molecule has 1 saturated carbocycles. The highest BCUT2D eigenvalue weighted by atomic mass is 16.4. The standard InChI is InChI=1S/C16H31N3O2/c1-4-17-16(15(20)21)6-5-14(11-16)19-9-7-18(8-10-19)12-13(2)3/h13-14,17H,4-12H2,1-3H3,(H,20,21). The maximum atomic E-state index is 11.6. The topological polar surface area (TPSA) is 55.8 Å². The number of carbonyl (C=O) groups is 1.